The highest BCUT2D eigenvalue weighted by atomic mass is 16.5. The smallest absolute Gasteiger partial charge is 0.228 e. The minimum Gasteiger partial charge on any atom is -0.497 e. The van der Waals surface area contributed by atoms with Crippen LogP contribution in [0.4, 0.5) is 0 Å². The van der Waals surface area contributed by atoms with Gasteiger partial charge in [-0.05, 0) is 67.5 Å². The monoisotopic (exact) mass is 532 g/mol. The zero-order valence-electron chi connectivity index (χ0n) is 23.5. The van der Waals surface area contributed by atoms with Gasteiger partial charge in [-0.2, -0.15) is 0 Å². The van der Waals surface area contributed by atoms with Crippen LogP contribution in [0.3, 0.4) is 0 Å². The minimum absolute atomic E-state index is 0.112. The fourth-order valence-electron chi connectivity index (χ4n) is 6.38. The summed E-state index contributed by atoms with van der Waals surface area (Å²) in [5.74, 6) is 1.95. The standard InChI is InChI=1S/C34H36N4O2/c1-22-31-29-10-6-7-11-30(29)38(33(31)37-23(2)36-22)21-25-12-16-27(17-13-25)32(26-8-4-5-9-26)34(39)35-20-24-14-18-28(40-3)19-15-24/h6-7,10-19,26,32H,4-5,8-9,20-21H2,1-3H3,(H,35,39). The number of carbonyl (C=O) groups is 1. The van der Waals surface area contributed by atoms with Crippen molar-refractivity contribution in [3.05, 3.63) is 101 Å². The molecule has 2 heterocycles. The first-order valence-electron chi connectivity index (χ1n) is 14.2. The number of para-hydroxylation sites is 1. The third-order valence-corrected chi connectivity index (χ3v) is 8.36. The number of fused-ring (bicyclic) bond motifs is 3. The molecule has 3 aromatic carbocycles. The molecule has 204 valence electrons. The number of rotatable bonds is 8. The minimum atomic E-state index is -0.138. The number of nitrogens with zero attached hydrogens (tertiary/aromatic N) is 3. The number of hydrogen-bond acceptors (Lipinski definition) is 4. The topological polar surface area (TPSA) is 69.0 Å². The third-order valence-electron chi connectivity index (χ3n) is 8.36. The van der Waals surface area contributed by atoms with E-state index in [0.717, 1.165) is 57.8 Å². The highest BCUT2D eigenvalue weighted by Crippen LogP contribution is 2.38. The SMILES string of the molecule is COc1ccc(CNC(=O)C(c2ccc(Cn3c4ccccc4c4c(C)nc(C)nc43)cc2)C2CCCC2)cc1. The van der Waals surface area contributed by atoms with E-state index in [0.29, 0.717) is 19.0 Å². The van der Waals surface area contributed by atoms with E-state index in [9.17, 15) is 4.79 Å². The van der Waals surface area contributed by atoms with Crippen LogP contribution < -0.4 is 10.1 Å². The van der Waals surface area contributed by atoms with Gasteiger partial charge in [0.2, 0.25) is 5.91 Å². The van der Waals surface area contributed by atoms with Crippen LogP contribution in [0, 0.1) is 19.8 Å². The molecule has 1 aliphatic rings. The predicted octanol–water partition coefficient (Wildman–Crippen LogP) is 6.85. The number of hydrogen-bond donors (Lipinski definition) is 1. The molecule has 5 aromatic rings. The first-order chi connectivity index (χ1) is 19.5. The molecule has 0 aliphatic heterocycles. The van der Waals surface area contributed by atoms with Crippen LogP contribution in [-0.2, 0) is 17.9 Å². The van der Waals surface area contributed by atoms with Crippen molar-refractivity contribution in [3.8, 4) is 5.75 Å². The lowest BCUT2D eigenvalue weighted by Gasteiger charge is -2.23. The molecule has 0 saturated heterocycles. The lowest BCUT2D eigenvalue weighted by Crippen LogP contribution is -2.32. The Kier molecular flexibility index (Phi) is 7.25. The van der Waals surface area contributed by atoms with Gasteiger partial charge in [-0.1, -0.05) is 67.4 Å². The second kappa shape index (κ2) is 11.1. The number of carbonyl (C=O) groups excluding carboxylic acids is 1. The Hall–Kier alpha value is -4.19. The molecule has 1 amide bonds. The second-order valence-electron chi connectivity index (χ2n) is 11.0. The van der Waals surface area contributed by atoms with Gasteiger partial charge in [0, 0.05) is 23.9 Å². The van der Waals surface area contributed by atoms with Crippen molar-refractivity contribution in [1.82, 2.24) is 19.9 Å². The zero-order valence-corrected chi connectivity index (χ0v) is 23.5. The van der Waals surface area contributed by atoms with E-state index in [1.54, 1.807) is 7.11 Å². The average molecular weight is 533 g/mol. The van der Waals surface area contributed by atoms with Gasteiger partial charge in [0.15, 0.2) is 0 Å². The van der Waals surface area contributed by atoms with Crippen LogP contribution in [0.1, 0.15) is 59.8 Å². The molecule has 6 heteroatoms. The Balaban J connectivity index is 1.26. The zero-order chi connectivity index (χ0) is 27.6. The van der Waals surface area contributed by atoms with Crippen molar-refractivity contribution in [1.29, 1.82) is 0 Å². The first kappa shape index (κ1) is 26.1. The summed E-state index contributed by atoms with van der Waals surface area (Å²) in [6, 6.07) is 25.0. The predicted molar refractivity (Wildman–Crippen MR) is 160 cm³/mol. The lowest BCUT2D eigenvalue weighted by molar-refractivity contribution is -0.123. The Morgan fingerprint density at radius 2 is 1.65 bits per heavy atom. The van der Waals surface area contributed by atoms with Crippen LogP contribution in [0.2, 0.25) is 0 Å². The maximum absolute atomic E-state index is 13.6. The van der Waals surface area contributed by atoms with Gasteiger partial charge in [-0.3, -0.25) is 4.79 Å². The van der Waals surface area contributed by atoms with Gasteiger partial charge in [0.05, 0.1) is 24.2 Å². The van der Waals surface area contributed by atoms with E-state index in [1.807, 2.05) is 31.2 Å². The normalized spacial score (nSPS) is 14.6. The Morgan fingerprint density at radius 1 is 0.950 bits per heavy atom. The summed E-state index contributed by atoms with van der Waals surface area (Å²) < 4.78 is 7.55. The van der Waals surface area contributed by atoms with Gasteiger partial charge in [0.1, 0.15) is 17.2 Å². The summed E-state index contributed by atoms with van der Waals surface area (Å²) in [5.41, 5.74) is 6.48. The summed E-state index contributed by atoms with van der Waals surface area (Å²) in [4.78, 5) is 23.0. The van der Waals surface area contributed by atoms with E-state index in [1.165, 1.54) is 23.8 Å². The molecule has 1 atom stereocenters. The molecule has 6 nitrogen and oxygen atoms in total. The van der Waals surface area contributed by atoms with Gasteiger partial charge >= 0.3 is 0 Å². The first-order valence-corrected chi connectivity index (χ1v) is 14.2. The van der Waals surface area contributed by atoms with Gasteiger partial charge in [-0.25, -0.2) is 9.97 Å². The molecular formula is C34H36N4O2. The fraction of sp³-hybridized carbons (Fsp3) is 0.324. The lowest BCUT2D eigenvalue weighted by atomic mass is 9.83. The Labute approximate surface area is 235 Å². The summed E-state index contributed by atoms with van der Waals surface area (Å²) in [7, 11) is 1.66. The maximum atomic E-state index is 13.6. The molecule has 0 radical (unpaired) electrons. The molecule has 2 aromatic heterocycles. The molecule has 0 spiro atoms. The van der Waals surface area contributed by atoms with E-state index in [-0.39, 0.29) is 11.8 Å². The van der Waals surface area contributed by atoms with Gasteiger partial charge in [0.25, 0.3) is 0 Å². The molecule has 1 aliphatic carbocycles. The van der Waals surface area contributed by atoms with E-state index < -0.39 is 0 Å². The van der Waals surface area contributed by atoms with Crippen molar-refractivity contribution >= 4 is 27.8 Å². The average Bonchev–Trinajstić information content (AvgIpc) is 3.60. The Morgan fingerprint density at radius 3 is 2.38 bits per heavy atom. The van der Waals surface area contributed by atoms with Crippen molar-refractivity contribution in [2.24, 2.45) is 5.92 Å². The molecule has 1 fully saturated rings. The summed E-state index contributed by atoms with van der Waals surface area (Å²) in [5, 5.41) is 5.52. The summed E-state index contributed by atoms with van der Waals surface area (Å²) in [6.45, 7) is 5.23. The molecule has 1 N–H and O–H groups in total. The molecule has 40 heavy (non-hydrogen) atoms. The highest BCUT2D eigenvalue weighted by molar-refractivity contribution is 6.07. The molecule has 0 bridgehead atoms. The number of aryl methyl sites for hydroxylation is 2. The van der Waals surface area contributed by atoms with E-state index in [4.69, 9.17) is 9.72 Å². The van der Waals surface area contributed by atoms with Crippen molar-refractivity contribution in [2.45, 2.75) is 58.5 Å². The molecular weight excluding hydrogens is 496 g/mol. The maximum Gasteiger partial charge on any atom is 0.228 e. The van der Waals surface area contributed by atoms with Crippen LogP contribution in [0.5, 0.6) is 5.75 Å². The number of nitrogens with one attached hydrogen (secondary N) is 1. The number of benzene rings is 3. The van der Waals surface area contributed by atoms with Gasteiger partial charge < -0.3 is 14.6 Å². The van der Waals surface area contributed by atoms with Gasteiger partial charge in [-0.15, -0.1) is 0 Å². The van der Waals surface area contributed by atoms with Crippen LogP contribution >= 0.6 is 0 Å². The third kappa shape index (κ3) is 5.06. The Bertz CT molecular complexity index is 1650. The van der Waals surface area contributed by atoms with Crippen molar-refractivity contribution in [3.63, 3.8) is 0 Å². The highest BCUT2D eigenvalue weighted by Gasteiger charge is 2.32. The number of methoxy groups -OCH3 is 1. The summed E-state index contributed by atoms with van der Waals surface area (Å²) >= 11 is 0. The summed E-state index contributed by atoms with van der Waals surface area (Å²) in [6.07, 6.45) is 4.59. The van der Waals surface area contributed by atoms with Crippen LogP contribution in [0.15, 0.2) is 72.8 Å². The van der Waals surface area contributed by atoms with Crippen molar-refractivity contribution < 1.29 is 9.53 Å². The van der Waals surface area contributed by atoms with Crippen LogP contribution in [0.25, 0.3) is 21.9 Å². The number of ether oxygens (including phenoxy) is 1. The molecule has 1 unspecified atom stereocenters. The second-order valence-corrected chi connectivity index (χ2v) is 11.0. The number of aromatic nitrogens is 3. The number of amides is 1. The molecule has 1 saturated carbocycles. The van der Waals surface area contributed by atoms with E-state index in [2.05, 4.69) is 70.3 Å². The largest absolute Gasteiger partial charge is 0.497 e. The van der Waals surface area contributed by atoms with Crippen molar-refractivity contribution in [2.75, 3.05) is 7.11 Å². The fourth-order valence-corrected chi connectivity index (χ4v) is 6.38. The quantitative estimate of drug-likeness (QED) is 0.237. The van der Waals surface area contributed by atoms with E-state index >= 15 is 0 Å². The van der Waals surface area contributed by atoms with Crippen LogP contribution in [-0.4, -0.2) is 27.6 Å². The molecule has 6 rings (SSSR count).